The summed E-state index contributed by atoms with van der Waals surface area (Å²) in [5.41, 5.74) is 0. The molecule has 0 fully saturated rings. The van der Waals surface area contributed by atoms with Crippen LogP contribution in [-0.4, -0.2) is 17.7 Å². The first-order valence-corrected chi connectivity index (χ1v) is 5.12. The normalized spacial score (nSPS) is 12.1. The first-order chi connectivity index (χ1) is 7.13. The Morgan fingerprint density at radius 3 is 2.53 bits per heavy atom. The van der Waals surface area contributed by atoms with Gasteiger partial charge in [-0.05, 0) is 30.7 Å². The predicted octanol–water partition coefficient (Wildman–Crippen LogP) is 2.83. The lowest BCUT2D eigenvalue weighted by molar-refractivity contribution is -0.142. The Morgan fingerprint density at radius 1 is 1.47 bits per heavy atom. The molecule has 0 aliphatic carbocycles. The summed E-state index contributed by atoms with van der Waals surface area (Å²) in [6.45, 7) is 2.01. The van der Waals surface area contributed by atoms with E-state index >= 15 is 0 Å². The zero-order chi connectivity index (χ0) is 11.3. The van der Waals surface area contributed by atoms with Crippen LogP contribution < -0.4 is 4.74 Å². The van der Waals surface area contributed by atoms with Crippen molar-refractivity contribution in [1.82, 2.24) is 0 Å². The summed E-state index contributed by atoms with van der Waals surface area (Å²) in [7, 11) is 0. The van der Waals surface area contributed by atoms with Gasteiger partial charge in [0.2, 0.25) is 0 Å². The van der Waals surface area contributed by atoms with Gasteiger partial charge in [0.25, 0.3) is 0 Å². The van der Waals surface area contributed by atoms with Crippen molar-refractivity contribution in [2.75, 3.05) is 6.61 Å². The number of ether oxygens (including phenoxy) is 1. The zero-order valence-corrected chi connectivity index (χ0v) is 9.20. The quantitative estimate of drug-likeness (QED) is 0.843. The maximum absolute atomic E-state index is 10.7. The number of hydrogen-bond donors (Lipinski definition) is 1. The number of carboxylic acid groups (broad SMARTS) is 1. The van der Waals surface area contributed by atoms with Gasteiger partial charge in [0, 0.05) is 5.02 Å². The van der Waals surface area contributed by atoms with Crippen LogP contribution in [0.15, 0.2) is 24.3 Å². The molecule has 1 aromatic rings. The summed E-state index contributed by atoms with van der Waals surface area (Å²) < 4.78 is 5.34. The van der Waals surface area contributed by atoms with E-state index in [-0.39, 0.29) is 6.61 Å². The van der Waals surface area contributed by atoms with Crippen molar-refractivity contribution in [1.29, 1.82) is 0 Å². The average molecular weight is 229 g/mol. The highest BCUT2D eigenvalue weighted by Gasteiger charge is 2.15. The molecule has 15 heavy (non-hydrogen) atoms. The molecule has 1 atom stereocenters. The van der Waals surface area contributed by atoms with Crippen molar-refractivity contribution in [2.24, 2.45) is 5.92 Å². The van der Waals surface area contributed by atoms with Crippen molar-refractivity contribution >= 4 is 17.6 Å². The first kappa shape index (κ1) is 11.9. The van der Waals surface area contributed by atoms with Crippen LogP contribution in [0.3, 0.4) is 0 Å². The van der Waals surface area contributed by atoms with Crippen LogP contribution in [-0.2, 0) is 4.79 Å². The summed E-state index contributed by atoms with van der Waals surface area (Å²) in [6, 6.07) is 6.85. The van der Waals surface area contributed by atoms with E-state index in [1.807, 2.05) is 6.92 Å². The lowest BCUT2D eigenvalue weighted by atomic mass is 10.1. The van der Waals surface area contributed by atoms with Crippen LogP contribution in [0.4, 0.5) is 0 Å². The van der Waals surface area contributed by atoms with E-state index in [1.54, 1.807) is 24.3 Å². The summed E-state index contributed by atoms with van der Waals surface area (Å²) in [5, 5.41) is 9.43. The third-order valence-corrected chi connectivity index (χ3v) is 2.36. The van der Waals surface area contributed by atoms with Gasteiger partial charge in [-0.25, -0.2) is 0 Å². The highest BCUT2D eigenvalue weighted by Crippen LogP contribution is 2.16. The predicted molar refractivity (Wildman–Crippen MR) is 58.4 cm³/mol. The minimum atomic E-state index is -0.827. The molecule has 4 heteroatoms. The van der Waals surface area contributed by atoms with Gasteiger partial charge in [-0.3, -0.25) is 4.79 Å². The molecule has 0 radical (unpaired) electrons. The second-order valence-electron chi connectivity index (χ2n) is 3.21. The third kappa shape index (κ3) is 3.80. The van der Waals surface area contributed by atoms with Gasteiger partial charge in [0.05, 0.1) is 5.92 Å². The Labute approximate surface area is 93.6 Å². The molecular formula is C11H13ClO3. The fourth-order valence-electron chi connectivity index (χ4n) is 1.09. The molecule has 0 aliphatic rings. The van der Waals surface area contributed by atoms with E-state index in [0.717, 1.165) is 0 Å². The van der Waals surface area contributed by atoms with Crippen LogP contribution in [0.2, 0.25) is 5.02 Å². The highest BCUT2D eigenvalue weighted by molar-refractivity contribution is 6.30. The van der Waals surface area contributed by atoms with Gasteiger partial charge in [-0.15, -0.1) is 0 Å². The Balaban J connectivity index is 2.49. The number of aliphatic carboxylic acids is 1. The number of rotatable bonds is 5. The minimum Gasteiger partial charge on any atom is -0.493 e. The summed E-state index contributed by atoms with van der Waals surface area (Å²) in [6.07, 6.45) is 0.558. The fourth-order valence-corrected chi connectivity index (χ4v) is 1.22. The van der Waals surface area contributed by atoms with E-state index in [2.05, 4.69) is 0 Å². The molecule has 1 N–H and O–H groups in total. The van der Waals surface area contributed by atoms with E-state index in [4.69, 9.17) is 21.4 Å². The summed E-state index contributed by atoms with van der Waals surface area (Å²) >= 11 is 5.70. The standard InChI is InChI=1S/C11H13ClO3/c1-2-8(11(13)14)7-15-10-5-3-9(12)4-6-10/h3-6,8H,2,7H2,1H3,(H,13,14)/t8-/m0/s1. The maximum Gasteiger partial charge on any atom is 0.309 e. The van der Waals surface area contributed by atoms with Gasteiger partial charge < -0.3 is 9.84 Å². The molecule has 0 unspecified atom stereocenters. The number of carbonyl (C=O) groups is 1. The molecule has 0 aliphatic heterocycles. The third-order valence-electron chi connectivity index (χ3n) is 2.11. The Kier molecular flexibility index (Phi) is 4.43. The van der Waals surface area contributed by atoms with Gasteiger partial charge in [0.15, 0.2) is 0 Å². The molecule has 0 aromatic heterocycles. The van der Waals surface area contributed by atoms with E-state index < -0.39 is 11.9 Å². The number of benzene rings is 1. The smallest absolute Gasteiger partial charge is 0.309 e. The molecular weight excluding hydrogens is 216 g/mol. The topological polar surface area (TPSA) is 46.5 Å². The van der Waals surface area contributed by atoms with Gasteiger partial charge in [-0.2, -0.15) is 0 Å². The van der Waals surface area contributed by atoms with Crippen LogP contribution in [0, 0.1) is 5.92 Å². The van der Waals surface area contributed by atoms with Gasteiger partial charge >= 0.3 is 5.97 Å². The first-order valence-electron chi connectivity index (χ1n) is 4.74. The summed E-state index contributed by atoms with van der Waals surface area (Å²) in [5.74, 6) is -0.647. The van der Waals surface area contributed by atoms with Crippen molar-refractivity contribution < 1.29 is 14.6 Å². The van der Waals surface area contributed by atoms with Crippen molar-refractivity contribution in [3.63, 3.8) is 0 Å². The largest absolute Gasteiger partial charge is 0.493 e. The molecule has 0 saturated carbocycles. The molecule has 1 aromatic carbocycles. The van der Waals surface area contributed by atoms with Crippen molar-refractivity contribution in [2.45, 2.75) is 13.3 Å². The van der Waals surface area contributed by atoms with Crippen LogP contribution in [0.5, 0.6) is 5.75 Å². The Bertz CT molecular complexity index is 321. The second-order valence-corrected chi connectivity index (χ2v) is 3.64. The molecule has 0 spiro atoms. The van der Waals surface area contributed by atoms with E-state index in [9.17, 15) is 4.79 Å². The number of carboxylic acids is 1. The minimum absolute atomic E-state index is 0.188. The lowest BCUT2D eigenvalue weighted by Crippen LogP contribution is -2.20. The van der Waals surface area contributed by atoms with Gasteiger partial charge in [-0.1, -0.05) is 18.5 Å². The number of hydrogen-bond acceptors (Lipinski definition) is 2. The van der Waals surface area contributed by atoms with Gasteiger partial charge in [0.1, 0.15) is 12.4 Å². The monoisotopic (exact) mass is 228 g/mol. The molecule has 0 heterocycles. The molecule has 1 rings (SSSR count). The maximum atomic E-state index is 10.7. The van der Waals surface area contributed by atoms with Crippen LogP contribution in [0.25, 0.3) is 0 Å². The summed E-state index contributed by atoms with van der Waals surface area (Å²) in [4.78, 5) is 10.7. The Morgan fingerprint density at radius 2 is 2.07 bits per heavy atom. The second kappa shape index (κ2) is 5.61. The molecule has 0 amide bonds. The lowest BCUT2D eigenvalue weighted by Gasteiger charge is -2.11. The molecule has 0 saturated heterocycles. The van der Waals surface area contributed by atoms with Crippen molar-refractivity contribution in [3.8, 4) is 5.75 Å². The van der Waals surface area contributed by atoms with Crippen LogP contribution in [0.1, 0.15) is 13.3 Å². The molecule has 82 valence electrons. The SMILES string of the molecule is CC[C@@H](COc1ccc(Cl)cc1)C(=O)O. The Hall–Kier alpha value is -1.22. The fraction of sp³-hybridized carbons (Fsp3) is 0.364. The molecule has 3 nitrogen and oxygen atoms in total. The zero-order valence-electron chi connectivity index (χ0n) is 8.44. The molecule has 0 bridgehead atoms. The van der Waals surface area contributed by atoms with Crippen molar-refractivity contribution in [3.05, 3.63) is 29.3 Å². The number of halogens is 1. The van der Waals surface area contributed by atoms with Crippen LogP contribution >= 0.6 is 11.6 Å². The van der Waals surface area contributed by atoms with E-state index in [0.29, 0.717) is 17.2 Å². The highest BCUT2D eigenvalue weighted by atomic mass is 35.5. The van der Waals surface area contributed by atoms with E-state index in [1.165, 1.54) is 0 Å². The average Bonchev–Trinajstić information content (AvgIpc) is 2.21.